The van der Waals surface area contributed by atoms with Crippen molar-refractivity contribution in [1.82, 2.24) is 4.90 Å². The molecule has 0 spiro atoms. The van der Waals surface area contributed by atoms with E-state index in [2.05, 4.69) is 0 Å². The van der Waals surface area contributed by atoms with Gasteiger partial charge in [0.05, 0.1) is 13.2 Å². The largest absolute Gasteiger partial charge is 0.399 e. The summed E-state index contributed by atoms with van der Waals surface area (Å²) in [5, 5.41) is 0. The number of hydrogen-bond donors (Lipinski definition) is 1. The van der Waals surface area contributed by atoms with Crippen molar-refractivity contribution in [1.29, 1.82) is 0 Å². The number of rotatable bonds is 8. The minimum atomic E-state index is 0.108. The number of nitrogens with two attached hydrogens (primary N) is 1. The van der Waals surface area contributed by atoms with Gasteiger partial charge in [-0.05, 0) is 23.6 Å². The molecule has 0 saturated carbocycles. The van der Waals surface area contributed by atoms with E-state index < -0.39 is 0 Å². The molecule has 0 atom stereocenters. The Hall–Kier alpha value is -2.33. The van der Waals surface area contributed by atoms with Gasteiger partial charge < -0.3 is 15.4 Å². The number of carbonyl (C=O) groups is 1. The quantitative estimate of drug-likeness (QED) is 0.602. The van der Waals surface area contributed by atoms with Crippen molar-refractivity contribution in [2.45, 2.75) is 19.4 Å². The minimum Gasteiger partial charge on any atom is -0.399 e. The van der Waals surface area contributed by atoms with Gasteiger partial charge >= 0.3 is 0 Å². The molecule has 0 saturated heterocycles. The number of aryl methyl sites for hydroxylation is 1. The van der Waals surface area contributed by atoms with Gasteiger partial charge in [0.2, 0.25) is 5.91 Å². The van der Waals surface area contributed by atoms with Crippen LogP contribution in [0.25, 0.3) is 0 Å². The number of likely N-dealkylation sites (N-methyl/N-ethyl adjacent to an activating group) is 1. The van der Waals surface area contributed by atoms with Crippen LogP contribution in [0.15, 0.2) is 54.6 Å². The Morgan fingerprint density at radius 1 is 1.09 bits per heavy atom. The fourth-order valence-corrected chi connectivity index (χ4v) is 2.28. The van der Waals surface area contributed by atoms with Gasteiger partial charge in [0.25, 0.3) is 0 Å². The second-order valence-corrected chi connectivity index (χ2v) is 5.55. The van der Waals surface area contributed by atoms with E-state index in [0.717, 1.165) is 16.8 Å². The third-order valence-electron chi connectivity index (χ3n) is 3.77. The van der Waals surface area contributed by atoms with Crippen molar-refractivity contribution >= 4 is 11.6 Å². The second kappa shape index (κ2) is 8.96. The van der Waals surface area contributed by atoms with E-state index in [9.17, 15) is 4.79 Å². The van der Waals surface area contributed by atoms with E-state index in [1.165, 1.54) is 0 Å². The molecule has 23 heavy (non-hydrogen) atoms. The molecule has 4 heteroatoms. The van der Waals surface area contributed by atoms with Crippen LogP contribution in [0.1, 0.15) is 17.5 Å². The molecule has 1 amide bonds. The van der Waals surface area contributed by atoms with E-state index in [1.54, 1.807) is 4.90 Å². The molecule has 2 aromatic rings. The standard InChI is InChI=1S/C19H24N2O2/c1-21(13-14-23-15-16-7-3-2-4-8-16)19(22)12-11-17-9-5-6-10-18(17)20/h2-10H,11-15,20H2,1H3. The lowest BCUT2D eigenvalue weighted by atomic mass is 10.1. The number of amides is 1. The number of benzene rings is 2. The maximum absolute atomic E-state index is 12.1. The first-order valence-electron chi connectivity index (χ1n) is 7.86. The molecule has 122 valence electrons. The zero-order valence-corrected chi connectivity index (χ0v) is 13.6. The summed E-state index contributed by atoms with van der Waals surface area (Å²) in [6, 6.07) is 17.7. The average Bonchev–Trinajstić information content (AvgIpc) is 2.58. The molecule has 2 aromatic carbocycles. The number of nitrogen functional groups attached to an aromatic ring is 1. The Kier molecular flexibility index (Phi) is 6.63. The monoisotopic (exact) mass is 312 g/mol. The summed E-state index contributed by atoms with van der Waals surface area (Å²) in [6.07, 6.45) is 1.13. The van der Waals surface area contributed by atoms with Gasteiger partial charge in [-0.15, -0.1) is 0 Å². The van der Waals surface area contributed by atoms with Crippen LogP contribution in [-0.4, -0.2) is 31.0 Å². The topological polar surface area (TPSA) is 55.6 Å². The van der Waals surface area contributed by atoms with Crippen LogP contribution >= 0.6 is 0 Å². The molecular formula is C19H24N2O2. The van der Waals surface area contributed by atoms with Gasteiger partial charge in [-0.2, -0.15) is 0 Å². The van der Waals surface area contributed by atoms with E-state index >= 15 is 0 Å². The molecule has 2 N–H and O–H groups in total. The van der Waals surface area contributed by atoms with Crippen LogP contribution in [0.3, 0.4) is 0 Å². The highest BCUT2D eigenvalue weighted by Crippen LogP contribution is 2.13. The van der Waals surface area contributed by atoms with Crippen molar-refractivity contribution in [2.75, 3.05) is 25.9 Å². The number of para-hydroxylation sites is 1. The Bertz CT molecular complexity index is 614. The summed E-state index contributed by atoms with van der Waals surface area (Å²) in [7, 11) is 1.81. The SMILES string of the molecule is CN(CCOCc1ccccc1)C(=O)CCc1ccccc1N. The second-order valence-electron chi connectivity index (χ2n) is 5.55. The van der Waals surface area contributed by atoms with Crippen molar-refractivity contribution in [3.05, 3.63) is 65.7 Å². The third-order valence-corrected chi connectivity index (χ3v) is 3.77. The maximum atomic E-state index is 12.1. The molecule has 0 aliphatic heterocycles. The van der Waals surface area contributed by atoms with Crippen molar-refractivity contribution in [3.8, 4) is 0 Å². The number of anilines is 1. The predicted molar refractivity (Wildman–Crippen MR) is 92.9 cm³/mol. The van der Waals surface area contributed by atoms with Crippen LogP contribution in [0, 0.1) is 0 Å². The van der Waals surface area contributed by atoms with E-state index in [1.807, 2.05) is 61.6 Å². The number of ether oxygens (including phenoxy) is 1. The molecule has 0 heterocycles. The van der Waals surface area contributed by atoms with Gasteiger partial charge in [0, 0.05) is 25.7 Å². The molecule has 0 aliphatic rings. The first kappa shape index (κ1) is 17.0. The maximum Gasteiger partial charge on any atom is 0.222 e. The van der Waals surface area contributed by atoms with E-state index in [-0.39, 0.29) is 5.91 Å². The molecular weight excluding hydrogens is 288 g/mol. The molecule has 4 nitrogen and oxygen atoms in total. The minimum absolute atomic E-state index is 0.108. The Balaban J connectivity index is 1.66. The Morgan fingerprint density at radius 3 is 2.52 bits per heavy atom. The first-order chi connectivity index (χ1) is 11.2. The van der Waals surface area contributed by atoms with Crippen molar-refractivity contribution in [3.63, 3.8) is 0 Å². The lowest BCUT2D eigenvalue weighted by molar-refractivity contribution is -0.130. The lowest BCUT2D eigenvalue weighted by Crippen LogP contribution is -2.30. The van der Waals surface area contributed by atoms with Gasteiger partial charge in [-0.25, -0.2) is 0 Å². The number of nitrogens with zero attached hydrogens (tertiary/aromatic N) is 1. The van der Waals surface area contributed by atoms with Crippen molar-refractivity contribution in [2.24, 2.45) is 0 Å². The summed E-state index contributed by atoms with van der Waals surface area (Å²) >= 11 is 0. The first-order valence-corrected chi connectivity index (χ1v) is 7.86. The number of hydrogen-bond acceptors (Lipinski definition) is 3. The average molecular weight is 312 g/mol. The normalized spacial score (nSPS) is 10.5. The summed E-state index contributed by atoms with van der Waals surface area (Å²) in [6.45, 7) is 1.70. The van der Waals surface area contributed by atoms with E-state index in [0.29, 0.717) is 32.6 Å². The summed E-state index contributed by atoms with van der Waals surface area (Å²) < 4.78 is 5.61. The fourth-order valence-electron chi connectivity index (χ4n) is 2.28. The van der Waals surface area contributed by atoms with Gasteiger partial charge in [-0.3, -0.25) is 4.79 Å². The van der Waals surface area contributed by atoms with Crippen LogP contribution in [0.2, 0.25) is 0 Å². The third kappa shape index (κ3) is 5.75. The fraction of sp³-hybridized carbons (Fsp3) is 0.316. The van der Waals surface area contributed by atoms with Crippen LogP contribution in [0.4, 0.5) is 5.69 Å². The molecule has 0 unspecified atom stereocenters. The molecule has 0 bridgehead atoms. The molecule has 0 fully saturated rings. The smallest absolute Gasteiger partial charge is 0.222 e. The van der Waals surface area contributed by atoms with Crippen LogP contribution < -0.4 is 5.73 Å². The predicted octanol–water partition coefficient (Wildman–Crippen LogP) is 2.88. The molecule has 0 radical (unpaired) electrons. The van der Waals surface area contributed by atoms with Gasteiger partial charge in [0.15, 0.2) is 0 Å². The summed E-state index contributed by atoms with van der Waals surface area (Å²) in [4.78, 5) is 13.8. The summed E-state index contributed by atoms with van der Waals surface area (Å²) in [5.74, 6) is 0.108. The molecule has 0 aliphatic carbocycles. The zero-order valence-electron chi connectivity index (χ0n) is 13.6. The number of carbonyl (C=O) groups excluding carboxylic acids is 1. The van der Waals surface area contributed by atoms with E-state index in [4.69, 9.17) is 10.5 Å². The highest BCUT2D eigenvalue weighted by molar-refractivity contribution is 5.76. The van der Waals surface area contributed by atoms with Gasteiger partial charge in [-0.1, -0.05) is 48.5 Å². The van der Waals surface area contributed by atoms with Gasteiger partial charge in [0.1, 0.15) is 0 Å². The van der Waals surface area contributed by atoms with Crippen LogP contribution in [-0.2, 0) is 22.6 Å². The summed E-state index contributed by atoms with van der Waals surface area (Å²) in [5.41, 5.74) is 8.80. The van der Waals surface area contributed by atoms with Crippen molar-refractivity contribution < 1.29 is 9.53 Å². The van der Waals surface area contributed by atoms with Crippen LogP contribution in [0.5, 0.6) is 0 Å². The highest BCUT2D eigenvalue weighted by Gasteiger charge is 2.09. The lowest BCUT2D eigenvalue weighted by Gasteiger charge is -2.17. The Morgan fingerprint density at radius 2 is 1.78 bits per heavy atom. The highest BCUT2D eigenvalue weighted by atomic mass is 16.5. The molecule has 2 rings (SSSR count). The molecule has 0 aromatic heterocycles. The zero-order chi connectivity index (χ0) is 16.5. The Labute approximate surface area is 137 Å².